The van der Waals surface area contributed by atoms with Crippen LogP contribution in [-0.2, 0) is 11.2 Å². The van der Waals surface area contributed by atoms with E-state index in [2.05, 4.69) is 10.3 Å². The van der Waals surface area contributed by atoms with Crippen LogP contribution in [0.2, 0.25) is 0 Å². The highest BCUT2D eigenvalue weighted by Crippen LogP contribution is 2.36. The Bertz CT molecular complexity index is 854. The number of hydrogen-bond acceptors (Lipinski definition) is 5. The van der Waals surface area contributed by atoms with Crippen molar-refractivity contribution in [3.63, 3.8) is 0 Å². The van der Waals surface area contributed by atoms with Crippen molar-refractivity contribution < 1.29 is 18.7 Å². The Morgan fingerprint density at radius 1 is 1.21 bits per heavy atom. The van der Waals surface area contributed by atoms with E-state index in [1.807, 2.05) is 0 Å². The second kappa shape index (κ2) is 6.84. The Morgan fingerprint density at radius 2 is 1.92 bits per heavy atom. The Labute approximate surface area is 142 Å². The van der Waals surface area contributed by atoms with Crippen LogP contribution in [0.1, 0.15) is 5.56 Å². The maximum Gasteiger partial charge on any atom is 0.230 e. The summed E-state index contributed by atoms with van der Waals surface area (Å²) in [5, 5.41) is 3.15. The molecular weight excluding hydrogens is 331 g/mol. The molecule has 24 heavy (non-hydrogen) atoms. The molecular formula is C17H15FN2O3S. The topological polar surface area (TPSA) is 60.5 Å². The number of nitrogens with zero attached hydrogens (tertiary/aromatic N) is 1. The molecule has 5 nitrogen and oxygen atoms in total. The first-order valence-corrected chi connectivity index (χ1v) is 7.98. The quantitative estimate of drug-likeness (QED) is 0.766. The SMILES string of the molecule is COc1cc2nc(NC(=O)Cc3ccccc3F)sc2cc1OC. The first kappa shape index (κ1) is 16.2. The van der Waals surface area contributed by atoms with E-state index in [1.165, 1.54) is 17.4 Å². The number of carbonyl (C=O) groups excluding carboxylic acids is 1. The van der Waals surface area contributed by atoms with Gasteiger partial charge in [0.1, 0.15) is 5.82 Å². The lowest BCUT2D eigenvalue weighted by molar-refractivity contribution is -0.115. The summed E-state index contributed by atoms with van der Waals surface area (Å²) >= 11 is 1.32. The highest BCUT2D eigenvalue weighted by molar-refractivity contribution is 7.22. The molecule has 0 fully saturated rings. The molecule has 0 aliphatic rings. The van der Waals surface area contributed by atoms with Gasteiger partial charge < -0.3 is 14.8 Å². The van der Waals surface area contributed by atoms with Crippen LogP contribution in [0.15, 0.2) is 36.4 Å². The van der Waals surface area contributed by atoms with Crippen molar-refractivity contribution in [1.82, 2.24) is 4.98 Å². The molecule has 1 aromatic heterocycles. The Kier molecular flexibility index (Phi) is 4.61. The van der Waals surface area contributed by atoms with Crippen LogP contribution >= 0.6 is 11.3 Å². The van der Waals surface area contributed by atoms with Crippen LogP contribution in [-0.4, -0.2) is 25.1 Å². The lowest BCUT2D eigenvalue weighted by Crippen LogP contribution is -2.14. The van der Waals surface area contributed by atoms with Gasteiger partial charge in [-0.3, -0.25) is 4.79 Å². The van der Waals surface area contributed by atoms with Gasteiger partial charge in [0.2, 0.25) is 5.91 Å². The van der Waals surface area contributed by atoms with Gasteiger partial charge in [0.05, 0.1) is 30.9 Å². The van der Waals surface area contributed by atoms with Crippen molar-refractivity contribution in [1.29, 1.82) is 0 Å². The first-order valence-electron chi connectivity index (χ1n) is 7.16. The number of benzene rings is 2. The molecule has 3 aromatic rings. The molecule has 1 amide bonds. The standard InChI is InChI=1S/C17H15FN2O3S/c1-22-13-8-12-15(9-14(13)23-2)24-17(19-12)20-16(21)7-10-5-3-4-6-11(10)18/h3-6,8-9H,7H2,1-2H3,(H,19,20,21). The number of nitrogens with one attached hydrogen (secondary N) is 1. The molecule has 0 spiro atoms. The predicted octanol–water partition coefficient (Wildman–Crippen LogP) is 3.63. The largest absolute Gasteiger partial charge is 0.493 e. The van der Waals surface area contributed by atoms with E-state index in [-0.39, 0.29) is 12.3 Å². The number of thiazole rings is 1. The van der Waals surface area contributed by atoms with Crippen LogP contribution < -0.4 is 14.8 Å². The summed E-state index contributed by atoms with van der Waals surface area (Å²) < 4.78 is 24.9. The van der Waals surface area contributed by atoms with E-state index in [9.17, 15) is 9.18 Å². The molecule has 1 heterocycles. The molecule has 3 rings (SSSR count). The first-order chi connectivity index (χ1) is 11.6. The monoisotopic (exact) mass is 346 g/mol. The van der Waals surface area contributed by atoms with Gasteiger partial charge in [-0.15, -0.1) is 0 Å². The van der Waals surface area contributed by atoms with Gasteiger partial charge in [0.15, 0.2) is 16.6 Å². The zero-order valence-corrected chi connectivity index (χ0v) is 13.9. The summed E-state index contributed by atoms with van der Waals surface area (Å²) in [5.41, 5.74) is 1.04. The van der Waals surface area contributed by atoms with Gasteiger partial charge in [-0.1, -0.05) is 29.5 Å². The average molecular weight is 346 g/mol. The Morgan fingerprint density at radius 3 is 2.62 bits per heavy atom. The molecule has 0 bridgehead atoms. The lowest BCUT2D eigenvalue weighted by atomic mass is 10.1. The number of amides is 1. The third-order valence-corrected chi connectivity index (χ3v) is 4.38. The number of aromatic nitrogens is 1. The molecule has 0 aliphatic heterocycles. The van der Waals surface area contributed by atoms with Crippen molar-refractivity contribution in [3.05, 3.63) is 47.8 Å². The maximum atomic E-state index is 13.6. The average Bonchev–Trinajstić information content (AvgIpc) is 2.96. The zero-order chi connectivity index (χ0) is 17.1. The number of anilines is 1. The molecule has 124 valence electrons. The van der Waals surface area contributed by atoms with E-state index in [4.69, 9.17) is 9.47 Å². The molecule has 0 unspecified atom stereocenters. The number of carbonyl (C=O) groups is 1. The van der Waals surface area contributed by atoms with Crippen LogP contribution in [0, 0.1) is 5.82 Å². The normalized spacial score (nSPS) is 10.6. The summed E-state index contributed by atoms with van der Waals surface area (Å²) in [6.45, 7) is 0. The van der Waals surface area contributed by atoms with E-state index >= 15 is 0 Å². The van der Waals surface area contributed by atoms with Gasteiger partial charge in [0, 0.05) is 12.1 Å². The number of rotatable bonds is 5. The van der Waals surface area contributed by atoms with Crippen molar-refractivity contribution in [2.45, 2.75) is 6.42 Å². The lowest BCUT2D eigenvalue weighted by Gasteiger charge is -2.05. The van der Waals surface area contributed by atoms with Crippen molar-refractivity contribution >= 4 is 32.6 Å². The Balaban J connectivity index is 1.80. The summed E-state index contributed by atoms with van der Waals surface area (Å²) in [7, 11) is 3.11. The number of hydrogen-bond donors (Lipinski definition) is 1. The van der Waals surface area contributed by atoms with Gasteiger partial charge in [0.25, 0.3) is 0 Å². The summed E-state index contributed by atoms with van der Waals surface area (Å²) in [4.78, 5) is 16.5. The molecule has 0 radical (unpaired) electrons. The third kappa shape index (κ3) is 3.30. The second-order valence-electron chi connectivity index (χ2n) is 5.01. The molecule has 7 heteroatoms. The number of ether oxygens (including phenoxy) is 2. The highest BCUT2D eigenvalue weighted by Gasteiger charge is 2.13. The zero-order valence-electron chi connectivity index (χ0n) is 13.1. The van der Waals surface area contributed by atoms with Crippen molar-refractivity contribution in [2.75, 3.05) is 19.5 Å². The molecule has 0 saturated carbocycles. The molecule has 2 aromatic carbocycles. The van der Waals surface area contributed by atoms with E-state index in [0.29, 0.717) is 27.7 Å². The van der Waals surface area contributed by atoms with Crippen molar-refractivity contribution in [2.24, 2.45) is 0 Å². The van der Waals surface area contributed by atoms with E-state index in [0.717, 1.165) is 4.70 Å². The predicted molar refractivity (Wildman–Crippen MR) is 91.5 cm³/mol. The fourth-order valence-corrected chi connectivity index (χ4v) is 3.18. The summed E-state index contributed by atoms with van der Waals surface area (Å²) in [6, 6.07) is 9.75. The van der Waals surface area contributed by atoms with Gasteiger partial charge in [-0.25, -0.2) is 9.37 Å². The third-order valence-electron chi connectivity index (χ3n) is 3.45. The fourth-order valence-electron chi connectivity index (χ4n) is 2.29. The second-order valence-corrected chi connectivity index (χ2v) is 6.04. The van der Waals surface area contributed by atoms with Gasteiger partial charge >= 0.3 is 0 Å². The van der Waals surface area contributed by atoms with Gasteiger partial charge in [-0.05, 0) is 11.6 Å². The summed E-state index contributed by atoms with van der Waals surface area (Å²) in [6.07, 6.45) is -0.0464. The maximum absolute atomic E-state index is 13.6. The minimum atomic E-state index is -0.397. The number of fused-ring (bicyclic) bond motifs is 1. The highest BCUT2D eigenvalue weighted by atomic mass is 32.1. The molecule has 0 atom stereocenters. The van der Waals surface area contributed by atoms with Crippen LogP contribution in [0.25, 0.3) is 10.2 Å². The van der Waals surface area contributed by atoms with Crippen molar-refractivity contribution in [3.8, 4) is 11.5 Å². The minimum Gasteiger partial charge on any atom is -0.493 e. The Hall–Kier alpha value is -2.67. The molecule has 0 aliphatic carbocycles. The van der Waals surface area contributed by atoms with Crippen LogP contribution in [0.3, 0.4) is 0 Å². The van der Waals surface area contributed by atoms with E-state index in [1.54, 1.807) is 44.6 Å². The molecule has 1 N–H and O–H groups in total. The number of methoxy groups -OCH3 is 2. The summed E-state index contributed by atoms with van der Waals surface area (Å²) in [5.74, 6) is 0.446. The number of halogens is 1. The molecule has 0 saturated heterocycles. The van der Waals surface area contributed by atoms with Crippen LogP contribution in [0.5, 0.6) is 11.5 Å². The van der Waals surface area contributed by atoms with E-state index < -0.39 is 5.82 Å². The van der Waals surface area contributed by atoms with Crippen LogP contribution in [0.4, 0.5) is 9.52 Å². The smallest absolute Gasteiger partial charge is 0.230 e. The fraction of sp³-hybridized carbons (Fsp3) is 0.176. The van der Waals surface area contributed by atoms with Gasteiger partial charge in [-0.2, -0.15) is 0 Å². The minimum absolute atomic E-state index is 0.0464.